The highest BCUT2D eigenvalue weighted by atomic mass is 32.1. The van der Waals surface area contributed by atoms with Gasteiger partial charge in [-0.1, -0.05) is 0 Å². The summed E-state index contributed by atoms with van der Waals surface area (Å²) in [7, 11) is 0. The molecule has 0 atom stereocenters. The van der Waals surface area contributed by atoms with Crippen molar-refractivity contribution in [3.63, 3.8) is 0 Å². The van der Waals surface area contributed by atoms with Crippen LogP contribution in [0.4, 0.5) is 0 Å². The maximum absolute atomic E-state index is 11.6. The first-order chi connectivity index (χ1) is 8.52. The van der Waals surface area contributed by atoms with Gasteiger partial charge >= 0.3 is 5.97 Å². The number of carbonyl (C=O) groups excluding carboxylic acids is 1. The highest BCUT2D eigenvalue weighted by Crippen LogP contribution is 2.31. The molecule has 0 unspecified atom stereocenters. The van der Waals surface area contributed by atoms with E-state index in [0.29, 0.717) is 18.2 Å². The van der Waals surface area contributed by atoms with Crippen molar-refractivity contribution in [1.82, 2.24) is 4.98 Å². The minimum atomic E-state index is -0.459. The summed E-state index contributed by atoms with van der Waals surface area (Å²) in [5, 5.41) is 0. The topological polar surface area (TPSA) is 52.3 Å². The Bertz CT molecular complexity index is 564. The van der Waals surface area contributed by atoms with Crippen LogP contribution in [0.15, 0.2) is 10.5 Å². The van der Waals surface area contributed by atoms with E-state index in [2.05, 4.69) is 4.98 Å². The third kappa shape index (κ3) is 2.31. The highest BCUT2D eigenvalue weighted by Gasteiger charge is 2.20. The van der Waals surface area contributed by atoms with Gasteiger partial charge in [-0.3, -0.25) is 0 Å². The lowest BCUT2D eigenvalue weighted by Crippen LogP contribution is -2.04. The summed E-state index contributed by atoms with van der Waals surface area (Å²) in [5.74, 6) is 0.214. The molecule has 0 radical (unpaired) electrons. The minimum Gasteiger partial charge on any atom is -0.460 e. The van der Waals surface area contributed by atoms with Crippen LogP contribution in [0.2, 0.25) is 0 Å². The summed E-state index contributed by atoms with van der Waals surface area (Å²) in [4.78, 5) is 18.1. The molecule has 0 saturated carbocycles. The number of nitrogens with zero attached hydrogens (tertiary/aromatic N) is 1. The molecule has 0 aromatic carbocycles. The molecule has 0 aliphatic heterocycles. The zero-order valence-electron chi connectivity index (χ0n) is 10.9. The van der Waals surface area contributed by atoms with E-state index in [1.807, 2.05) is 19.9 Å². The van der Waals surface area contributed by atoms with Crippen LogP contribution in [-0.2, 0) is 4.74 Å². The first kappa shape index (κ1) is 12.8. The van der Waals surface area contributed by atoms with Crippen LogP contribution in [0.1, 0.15) is 33.6 Å². The SMILES string of the molecule is CCOC(=O)c1oc(-c2cc(C)c(C)s2)nc1C. The summed E-state index contributed by atoms with van der Waals surface area (Å²) in [5.41, 5.74) is 1.76. The molecule has 0 aliphatic rings. The molecule has 2 aromatic heterocycles. The standard InChI is InChI=1S/C13H15NO3S/c1-5-16-13(15)11-8(3)14-12(17-11)10-6-7(2)9(4)18-10/h6H,5H2,1-4H3. The third-order valence-electron chi connectivity index (χ3n) is 2.63. The van der Waals surface area contributed by atoms with Crippen LogP contribution >= 0.6 is 11.3 Å². The molecule has 0 amide bonds. The van der Waals surface area contributed by atoms with E-state index in [1.165, 1.54) is 10.4 Å². The number of aromatic nitrogens is 1. The number of rotatable bonds is 3. The molecule has 0 saturated heterocycles. The van der Waals surface area contributed by atoms with E-state index in [4.69, 9.17) is 9.15 Å². The molecule has 96 valence electrons. The van der Waals surface area contributed by atoms with Crippen molar-refractivity contribution in [1.29, 1.82) is 0 Å². The fourth-order valence-electron chi connectivity index (χ4n) is 1.57. The lowest BCUT2D eigenvalue weighted by atomic mass is 10.3. The Labute approximate surface area is 110 Å². The number of hydrogen-bond acceptors (Lipinski definition) is 5. The summed E-state index contributed by atoms with van der Waals surface area (Å²) < 4.78 is 10.4. The highest BCUT2D eigenvalue weighted by molar-refractivity contribution is 7.15. The van der Waals surface area contributed by atoms with Crippen LogP contribution in [0, 0.1) is 20.8 Å². The van der Waals surface area contributed by atoms with Crippen LogP contribution in [-0.4, -0.2) is 17.6 Å². The predicted octanol–water partition coefficient (Wildman–Crippen LogP) is 3.51. The molecule has 5 heteroatoms. The van der Waals surface area contributed by atoms with Crippen molar-refractivity contribution >= 4 is 17.3 Å². The fourth-order valence-corrected chi connectivity index (χ4v) is 2.53. The molecule has 18 heavy (non-hydrogen) atoms. The molecule has 0 aliphatic carbocycles. The first-order valence-electron chi connectivity index (χ1n) is 5.75. The van der Waals surface area contributed by atoms with Gasteiger partial charge in [0.2, 0.25) is 11.7 Å². The Hall–Kier alpha value is -1.62. The number of oxazole rings is 1. The maximum Gasteiger partial charge on any atom is 0.376 e. The van der Waals surface area contributed by atoms with Crippen molar-refractivity contribution in [2.75, 3.05) is 6.61 Å². The van der Waals surface area contributed by atoms with Crippen molar-refractivity contribution in [3.05, 3.63) is 28.0 Å². The van der Waals surface area contributed by atoms with Gasteiger partial charge in [0.25, 0.3) is 0 Å². The second-order valence-electron chi connectivity index (χ2n) is 4.00. The molecular weight excluding hydrogens is 250 g/mol. The van der Waals surface area contributed by atoms with Gasteiger partial charge in [0, 0.05) is 4.88 Å². The van der Waals surface area contributed by atoms with Crippen molar-refractivity contribution in [2.45, 2.75) is 27.7 Å². The van der Waals surface area contributed by atoms with Crippen molar-refractivity contribution < 1.29 is 13.9 Å². The minimum absolute atomic E-state index is 0.190. The largest absolute Gasteiger partial charge is 0.460 e. The number of carbonyl (C=O) groups is 1. The van der Waals surface area contributed by atoms with Crippen LogP contribution in [0.3, 0.4) is 0 Å². The zero-order chi connectivity index (χ0) is 13.3. The summed E-state index contributed by atoms with van der Waals surface area (Å²) in [6, 6.07) is 2.01. The molecule has 0 bridgehead atoms. The Balaban J connectivity index is 2.36. The Morgan fingerprint density at radius 3 is 2.72 bits per heavy atom. The molecule has 4 nitrogen and oxygen atoms in total. The molecule has 2 rings (SSSR count). The van der Waals surface area contributed by atoms with Crippen LogP contribution in [0.5, 0.6) is 0 Å². The molecule has 0 N–H and O–H groups in total. The van der Waals surface area contributed by atoms with Crippen LogP contribution < -0.4 is 0 Å². The number of thiophene rings is 1. The first-order valence-corrected chi connectivity index (χ1v) is 6.56. The second-order valence-corrected chi connectivity index (χ2v) is 5.26. The van der Waals surface area contributed by atoms with Gasteiger partial charge < -0.3 is 9.15 Å². The summed E-state index contributed by atoms with van der Waals surface area (Å²) >= 11 is 1.61. The van der Waals surface area contributed by atoms with E-state index in [0.717, 1.165) is 4.88 Å². The Morgan fingerprint density at radius 1 is 1.44 bits per heavy atom. The lowest BCUT2D eigenvalue weighted by molar-refractivity contribution is 0.0490. The van der Waals surface area contributed by atoms with Gasteiger partial charge in [0.15, 0.2) is 0 Å². The van der Waals surface area contributed by atoms with Gasteiger partial charge in [-0.25, -0.2) is 9.78 Å². The molecule has 0 spiro atoms. The monoisotopic (exact) mass is 265 g/mol. The molecule has 2 heterocycles. The normalized spacial score (nSPS) is 10.7. The van der Waals surface area contributed by atoms with Crippen LogP contribution in [0.25, 0.3) is 10.8 Å². The smallest absolute Gasteiger partial charge is 0.376 e. The number of esters is 1. The predicted molar refractivity (Wildman–Crippen MR) is 70.0 cm³/mol. The Kier molecular flexibility index (Phi) is 3.52. The van der Waals surface area contributed by atoms with Gasteiger partial charge in [-0.2, -0.15) is 0 Å². The van der Waals surface area contributed by atoms with E-state index < -0.39 is 5.97 Å². The van der Waals surface area contributed by atoms with Crippen molar-refractivity contribution in [2.24, 2.45) is 0 Å². The van der Waals surface area contributed by atoms with Gasteiger partial charge in [-0.05, 0) is 39.3 Å². The van der Waals surface area contributed by atoms with E-state index in [-0.39, 0.29) is 5.76 Å². The lowest BCUT2D eigenvalue weighted by Gasteiger charge is -1.96. The average Bonchev–Trinajstić information content (AvgIpc) is 2.84. The maximum atomic E-state index is 11.6. The van der Waals surface area contributed by atoms with E-state index in [1.54, 1.807) is 25.2 Å². The third-order valence-corrected chi connectivity index (χ3v) is 3.77. The van der Waals surface area contributed by atoms with Crippen molar-refractivity contribution in [3.8, 4) is 10.8 Å². The number of hydrogen-bond donors (Lipinski definition) is 0. The number of aryl methyl sites for hydroxylation is 3. The van der Waals surface area contributed by atoms with Gasteiger partial charge in [0.05, 0.1) is 17.2 Å². The molecule has 2 aromatic rings. The second kappa shape index (κ2) is 4.94. The molecular formula is C13H15NO3S. The zero-order valence-corrected chi connectivity index (χ0v) is 11.7. The van der Waals surface area contributed by atoms with Gasteiger partial charge in [-0.15, -0.1) is 11.3 Å². The van der Waals surface area contributed by atoms with E-state index >= 15 is 0 Å². The summed E-state index contributed by atoms with van der Waals surface area (Å²) in [6.45, 7) is 7.91. The Morgan fingerprint density at radius 2 is 2.17 bits per heavy atom. The average molecular weight is 265 g/mol. The fraction of sp³-hybridized carbons (Fsp3) is 0.385. The van der Waals surface area contributed by atoms with Gasteiger partial charge in [0.1, 0.15) is 0 Å². The molecule has 0 fully saturated rings. The summed E-state index contributed by atoms with van der Waals surface area (Å²) in [6.07, 6.45) is 0. The quantitative estimate of drug-likeness (QED) is 0.797. The number of ether oxygens (including phenoxy) is 1. The van der Waals surface area contributed by atoms with E-state index in [9.17, 15) is 4.79 Å².